The van der Waals surface area contributed by atoms with Crippen molar-refractivity contribution in [3.05, 3.63) is 35.9 Å². The van der Waals surface area contributed by atoms with Gasteiger partial charge in [-0.3, -0.25) is 9.80 Å². The summed E-state index contributed by atoms with van der Waals surface area (Å²) in [5.41, 5.74) is -0.425. The van der Waals surface area contributed by atoms with Gasteiger partial charge in [0.2, 0.25) is 0 Å². The van der Waals surface area contributed by atoms with E-state index in [2.05, 4.69) is 0 Å². The molecule has 0 radical (unpaired) electrons. The van der Waals surface area contributed by atoms with Crippen LogP contribution in [0.2, 0.25) is 0 Å². The maximum atomic E-state index is 12.8. The summed E-state index contributed by atoms with van der Waals surface area (Å²) in [6, 6.07) is 7.20. The molecule has 2 aliphatic carbocycles. The number of hydrogen-bond acceptors (Lipinski definition) is 9. The summed E-state index contributed by atoms with van der Waals surface area (Å²) in [5, 5.41) is 29.6. The van der Waals surface area contributed by atoms with Crippen LogP contribution in [-0.2, 0) is 30.4 Å². The topological polar surface area (TPSA) is 163 Å². The quantitative estimate of drug-likeness (QED) is 0.325. The van der Waals surface area contributed by atoms with Gasteiger partial charge in [-0.2, -0.15) is 0 Å². The van der Waals surface area contributed by atoms with Gasteiger partial charge in [0.15, 0.2) is 0 Å². The molecule has 12 nitrogen and oxygen atoms in total. The summed E-state index contributed by atoms with van der Waals surface area (Å²) in [4.78, 5) is 51.9. The van der Waals surface area contributed by atoms with E-state index in [9.17, 15) is 34.5 Å². The first kappa shape index (κ1) is 34.5. The van der Waals surface area contributed by atoms with E-state index in [-0.39, 0.29) is 24.6 Å². The molecular formula is C33H48N2O10. The zero-order valence-electron chi connectivity index (χ0n) is 27.0. The van der Waals surface area contributed by atoms with E-state index >= 15 is 0 Å². The van der Waals surface area contributed by atoms with Crippen LogP contribution in [-0.4, -0.2) is 96.8 Å². The second kappa shape index (κ2) is 13.5. The lowest BCUT2D eigenvalue weighted by atomic mass is 9.73. The third-order valence-corrected chi connectivity index (χ3v) is 8.81. The molecule has 6 fully saturated rings. The van der Waals surface area contributed by atoms with Crippen LogP contribution >= 0.6 is 0 Å². The van der Waals surface area contributed by atoms with Crippen molar-refractivity contribution in [3.8, 4) is 0 Å². The normalized spacial score (nSPS) is 30.6. The minimum absolute atomic E-state index is 0.145. The Morgan fingerprint density at radius 1 is 0.733 bits per heavy atom. The number of piperidine rings is 4. The van der Waals surface area contributed by atoms with Crippen molar-refractivity contribution >= 4 is 24.1 Å². The number of fused-ring (bicyclic) bond motifs is 6. The molecule has 3 N–H and O–H groups in total. The number of benzene rings is 1. The second-order valence-corrected chi connectivity index (χ2v) is 14.5. The Morgan fingerprint density at radius 2 is 1.18 bits per heavy atom. The molecule has 0 spiro atoms. The van der Waals surface area contributed by atoms with Crippen LogP contribution in [0.25, 0.3) is 0 Å². The number of ether oxygens (including phenoxy) is 3. The highest BCUT2D eigenvalue weighted by Gasteiger charge is 2.54. The number of carboxylic acid groups (broad SMARTS) is 1. The van der Waals surface area contributed by atoms with E-state index in [4.69, 9.17) is 14.2 Å². The largest absolute Gasteiger partial charge is 0.480 e. The summed E-state index contributed by atoms with van der Waals surface area (Å²) >= 11 is 0. The first-order valence-electron chi connectivity index (χ1n) is 15.8. The predicted octanol–water partition coefficient (Wildman–Crippen LogP) is 4.10. The SMILES string of the molecule is CC(C)(C)OC(=O)N1[C@H]2CC[C@H]([C@H](O)C2)[C@H]1C(=O)O.CC(C)(C)OC(=O)N1[C@H]2CC[C@H]([C@H](O)C2)[C@H]1C(=O)OCc1ccccc1. The fourth-order valence-corrected chi connectivity index (χ4v) is 6.97. The summed E-state index contributed by atoms with van der Waals surface area (Å²) in [6.07, 6.45) is 1.41. The van der Waals surface area contributed by atoms with Crippen molar-refractivity contribution in [1.29, 1.82) is 0 Å². The number of hydrogen-bond donors (Lipinski definition) is 3. The summed E-state index contributed by atoms with van der Waals surface area (Å²) < 4.78 is 16.3. The highest BCUT2D eigenvalue weighted by Crippen LogP contribution is 2.42. The minimum Gasteiger partial charge on any atom is -0.480 e. The summed E-state index contributed by atoms with van der Waals surface area (Å²) in [7, 11) is 0. The standard InChI is InChI=1S/C20H27NO5.C13H21NO5/c1-20(2,3)26-19(24)21-14-9-10-15(16(22)11-14)17(21)18(23)25-12-13-7-5-4-6-8-13;1-13(2,3)19-12(18)14-7-4-5-8(9(15)6-7)10(14)11(16)17/h4-8,14-17,22H,9-12H2,1-3H3;7-10,15H,4-6H2,1-3H3,(H,16,17)/t14-,15+,16+,17-;7-,8+,9+,10-/m00/s1. The Kier molecular flexibility index (Phi) is 10.4. The van der Waals surface area contributed by atoms with Crippen LogP contribution in [0.3, 0.4) is 0 Å². The van der Waals surface area contributed by atoms with Crippen LogP contribution in [0.5, 0.6) is 0 Å². The Morgan fingerprint density at radius 3 is 1.60 bits per heavy atom. The average Bonchev–Trinajstić information content (AvgIpc) is 2.94. The molecule has 0 aromatic heterocycles. The zero-order chi connectivity index (χ0) is 33.3. The van der Waals surface area contributed by atoms with Crippen LogP contribution in [0, 0.1) is 11.8 Å². The molecule has 4 saturated heterocycles. The Labute approximate surface area is 264 Å². The van der Waals surface area contributed by atoms with E-state index in [1.165, 1.54) is 9.80 Å². The van der Waals surface area contributed by atoms with E-state index < -0.39 is 65.5 Å². The maximum Gasteiger partial charge on any atom is 0.411 e. The van der Waals surface area contributed by atoms with Crippen molar-refractivity contribution in [2.45, 2.75) is 134 Å². The van der Waals surface area contributed by atoms with Gasteiger partial charge in [-0.05, 0) is 85.6 Å². The number of amides is 2. The minimum atomic E-state index is -1.07. The molecule has 2 saturated carbocycles. The van der Waals surface area contributed by atoms with Crippen LogP contribution < -0.4 is 0 Å². The van der Waals surface area contributed by atoms with E-state index in [1.54, 1.807) is 41.5 Å². The monoisotopic (exact) mass is 632 g/mol. The Balaban J connectivity index is 0.000000215. The number of aliphatic hydroxyl groups excluding tert-OH is 2. The van der Waals surface area contributed by atoms with Crippen molar-refractivity contribution in [2.24, 2.45) is 11.8 Å². The number of aliphatic carboxylic acids is 1. The van der Waals surface area contributed by atoms with Crippen LogP contribution in [0.4, 0.5) is 9.59 Å². The highest BCUT2D eigenvalue weighted by molar-refractivity contribution is 5.83. The first-order chi connectivity index (χ1) is 21.0. The summed E-state index contributed by atoms with van der Waals surface area (Å²) in [5.74, 6) is -2.25. The van der Waals surface area contributed by atoms with Gasteiger partial charge in [-0.25, -0.2) is 19.2 Å². The van der Waals surface area contributed by atoms with Crippen molar-refractivity contribution < 1.29 is 48.7 Å². The number of rotatable bonds is 4. The van der Waals surface area contributed by atoms with Gasteiger partial charge in [-0.15, -0.1) is 0 Å². The van der Waals surface area contributed by atoms with Crippen molar-refractivity contribution in [2.75, 3.05) is 0 Å². The molecule has 250 valence electrons. The lowest BCUT2D eigenvalue weighted by Gasteiger charge is -2.51. The second-order valence-electron chi connectivity index (χ2n) is 14.5. The number of aliphatic hydroxyl groups is 2. The van der Waals surface area contributed by atoms with E-state index in [0.717, 1.165) is 18.4 Å². The van der Waals surface area contributed by atoms with Gasteiger partial charge in [0.05, 0.1) is 12.2 Å². The number of esters is 1. The van der Waals surface area contributed by atoms with Gasteiger partial charge in [-0.1, -0.05) is 30.3 Å². The third kappa shape index (κ3) is 8.26. The number of carboxylic acids is 1. The van der Waals surface area contributed by atoms with Crippen LogP contribution in [0.15, 0.2) is 30.3 Å². The molecule has 6 aliphatic rings. The molecule has 8 atom stereocenters. The molecule has 1 aromatic carbocycles. The van der Waals surface area contributed by atoms with E-state index in [1.807, 2.05) is 30.3 Å². The molecule has 7 rings (SSSR count). The van der Waals surface area contributed by atoms with Crippen molar-refractivity contribution in [3.63, 3.8) is 0 Å². The molecule has 1 aromatic rings. The molecule has 0 unspecified atom stereocenters. The average molecular weight is 633 g/mol. The van der Waals surface area contributed by atoms with Crippen molar-refractivity contribution in [1.82, 2.24) is 9.80 Å². The Bertz CT molecular complexity index is 1230. The number of nitrogens with zero attached hydrogens (tertiary/aromatic N) is 2. The number of carbonyl (C=O) groups is 4. The lowest BCUT2D eigenvalue weighted by molar-refractivity contribution is -0.167. The van der Waals surface area contributed by atoms with Gasteiger partial charge < -0.3 is 29.5 Å². The fraction of sp³-hybridized carbons (Fsp3) is 0.697. The third-order valence-electron chi connectivity index (χ3n) is 8.81. The van der Waals surface area contributed by atoms with Crippen LogP contribution in [0.1, 0.15) is 85.6 Å². The Hall–Kier alpha value is -3.38. The number of carbonyl (C=O) groups excluding carboxylic acids is 3. The maximum absolute atomic E-state index is 12.8. The van der Waals surface area contributed by atoms with Gasteiger partial charge >= 0.3 is 24.1 Å². The zero-order valence-corrected chi connectivity index (χ0v) is 27.0. The molecule has 45 heavy (non-hydrogen) atoms. The highest BCUT2D eigenvalue weighted by atomic mass is 16.6. The molecule has 2 amide bonds. The van der Waals surface area contributed by atoms with Gasteiger partial charge in [0, 0.05) is 23.9 Å². The molecule has 4 aliphatic heterocycles. The van der Waals surface area contributed by atoms with Gasteiger partial charge in [0.1, 0.15) is 29.9 Å². The smallest absolute Gasteiger partial charge is 0.411 e. The fourth-order valence-electron chi connectivity index (χ4n) is 6.97. The molecule has 4 bridgehead atoms. The lowest BCUT2D eigenvalue weighted by Crippen LogP contribution is -2.65. The van der Waals surface area contributed by atoms with E-state index in [0.29, 0.717) is 25.7 Å². The molecule has 12 heteroatoms. The predicted molar refractivity (Wildman–Crippen MR) is 162 cm³/mol. The van der Waals surface area contributed by atoms with Gasteiger partial charge in [0.25, 0.3) is 0 Å². The molecular weight excluding hydrogens is 584 g/mol. The summed E-state index contributed by atoms with van der Waals surface area (Å²) in [6.45, 7) is 10.8. The molecule has 4 heterocycles. The first-order valence-corrected chi connectivity index (χ1v) is 15.8.